The van der Waals surface area contributed by atoms with Gasteiger partial charge in [-0.2, -0.15) is 0 Å². The summed E-state index contributed by atoms with van der Waals surface area (Å²) >= 11 is 2.24. The van der Waals surface area contributed by atoms with Crippen molar-refractivity contribution in [2.45, 2.75) is 0 Å². The first-order valence-electron chi connectivity index (χ1n) is 6.21. The maximum atomic E-state index is 10.3. The van der Waals surface area contributed by atoms with Crippen molar-refractivity contribution in [2.24, 2.45) is 7.05 Å². The molecule has 0 aliphatic heterocycles. The number of rotatable bonds is 2. The van der Waals surface area contributed by atoms with Crippen molar-refractivity contribution >= 4 is 39.2 Å². The molecule has 0 spiro atoms. The van der Waals surface area contributed by atoms with Crippen LogP contribution in [0, 0.1) is 8.98 Å². The van der Waals surface area contributed by atoms with E-state index < -0.39 is 0 Å². The third-order valence-corrected chi connectivity index (χ3v) is 4.18. The number of nitrogens with zero attached hydrogens (tertiary/aromatic N) is 1. The van der Waals surface area contributed by atoms with Crippen molar-refractivity contribution in [2.75, 3.05) is 0 Å². The molecule has 20 heavy (non-hydrogen) atoms. The Hall–Kier alpha value is -1.82. The largest absolute Gasteiger partial charge is 0.494 e. The zero-order valence-corrected chi connectivity index (χ0v) is 13.0. The predicted octanol–water partition coefficient (Wildman–Crippen LogP) is 3.90. The molecule has 0 saturated heterocycles. The van der Waals surface area contributed by atoms with Gasteiger partial charge in [0, 0.05) is 21.6 Å². The number of aryl methyl sites for hydroxylation is 1. The van der Waals surface area contributed by atoms with Crippen molar-refractivity contribution in [3.63, 3.8) is 0 Å². The summed E-state index contributed by atoms with van der Waals surface area (Å²) in [6, 6.07) is 15.5. The number of nitrogens with one attached hydrogen (secondary N) is 1. The lowest BCUT2D eigenvalue weighted by molar-refractivity contribution is 0.434. The number of hydrogen-bond acceptors (Lipinski definition) is 2. The maximum absolute atomic E-state index is 10.3. The van der Waals surface area contributed by atoms with Gasteiger partial charge in [-0.25, -0.2) is 0 Å². The highest BCUT2D eigenvalue weighted by atomic mass is 127. The molecule has 0 unspecified atom stereocenters. The molecule has 1 aromatic heterocycles. The second-order valence-corrected chi connectivity index (χ2v) is 5.90. The van der Waals surface area contributed by atoms with Crippen LogP contribution in [0.4, 0.5) is 0 Å². The number of hydrogen-bond donors (Lipinski definition) is 2. The molecule has 100 valence electrons. The highest BCUT2D eigenvalue weighted by Crippen LogP contribution is 2.31. The Morgan fingerprint density at radius 3 is 2.45 bits per heavy atom. The first-order valence-corrected chi connectivity index (χ1v) is 7.28. The molecule has 3 rings (SSSR count). The van der Waals surface area contributed by atoms with E-state index in [1.807, 2.05) is 55.6 Å². The fourth-order valence-electron chi connectivity index (χ4n) is 2.39. The van der Waals surface area contributed by atoms with E-state index in [4.69, 9.17) is 5.41 Å². The average Bonchev–Trinajstić information content (AvgIpc) is 2.72. The fourth-order valence-corrected chi connectivity index (χ4v) is 2.75. The van der Waals surface area contributed by atoms with Crippen molar-refractivity contribution in [3.05, 3.63) is 63.2 Å². The summed E-state index contributed by atoms with van der Waals surface area (Å²) in [5.41, 5.74) is 2.66. The third kappa shape index (κ3) is 2.00. The summed E-state index contributed by atoms with van der Waals surface area (Å²) < 4.78 is 2.84. The van der Waals surface area contributed by atoms with E-state index in [-0.39, 0.29) is 5.88 Å². The van der Waals surface area contributed by atoms with Crippen LogP contribution in [0.3, 0.4) is 0 Å². The lowest BCUT2D eigenvalue weighted by atomic mass is 10.0. The summed E-state index contributed by atoms with van der Waals surface area (Å²) in [4.78, 5) is 0. The second-order valence-electron chi connectivity index (χ2n) is 4.66. The Bertz CT molecular complexity index is 803. The smallest absolute Gasteiger partial charge is 0.201 e. The van der Waals surface area contributed by atoms with Crippen molar-refractivity contribution < 1.29 is 5.11 Å². The van der Waals surface area contributed by atoms with Crippen LogP contribution in [0.15, 0.2) is 48.5 Å². The highest BCUT2D eigenvalue weighted by Gasteiger charge is 2.18. The number of benzene rings is 2. The molecule has 2 aromatic carbocycles. The Morgan fingerprint density at radius 1 is 1.10 bits per heavy atom. The van der Waals surface area contributed by atoms with Crippen LogP contribution < -0.4 is 0 Å². The molecule has 1 heterocycles. The van der Waals surface area contributed by atoms with Crippen LogP contribution in [0.25, 0.3) is 10.9 Å². The van der Waals surface area contributed by atoms with E-state index in [0.29, 0.717) is 11.3 Å². The molecular formula is C16H13IN2O. The van der Waals surface area contributed by atoms with Gasteiger partial charge in [-0.3, -0.25) is 5.41 Å². The Kier molecular flexibility index (Phi) is 3.25. The number of halogens is 1. The van der Waals surface area contributed by atoms with Gasteiger partial charge in [0.15, 0.2) is 0 Å². The molecule has 0 radical (unpaired) electrons. The van der Waals surface area contributed by atoms with E-state index in [0.717, 1.165) is 20.0 Å². The standard InChI is InChI=1S/C16H13IN2O/c1-19-13-5-3-2-4-12(13)14(16(19)20)15(18)10-6-8-11(17)9-7-10/h2-9,18,20H,1H3. The van der Waals surface area contributed by atoms with Crippen LogP contribution in [0.5, 0.6) is 5.88 Å². The molecule has 0 aliphatic carbocycles. The fraction of sp³-hybridized carbons (Fsp3) is 0.0625. The summed E-state index contributed by atoms with van der Waals surface area (Å²) in [7, 11) is 1.81. The first-order chi connectivity index (χ1) is 9.59. The molecule has 0 atom stereocenters. The van der Waals surface area contributed by atoms with Gasteiger partial charge in [0.2, 0.25) is 5.88 Å². The van der Waals surface area contributed by atoms with Gasteiger partial charge in [0.25, 0.3) is 0 Å². The van der Waals surface area contributed by atoms with Crippen molar-refractivity contribution in [3.8, 4) is 5.88 Å². The van der Waals surface area contributed by atoms with Gasteiger partial charge >= 0.3 is 0 Å². The lowest BCUT2D eigenvalue weighted by Gasteiger charge is -2.04. The van der Waals surface area contributed by atoms with E-state index in [9.17, 15) is 5.11 Å². The highest BCUT2D eigenvalue weighted by molar-refractivity contribution is 14.1. The summed E-state index contributed by atoms with van der Waals surface area (Å²) in [6.45, 7) is 0. The molecule has 0 fully saturated rings. The number of aromatic hydroxyl groups is 1. The zero-order valence-electron chi connectivity index (χ0n) is 10.9. The molecule has 4 heteroatoms. The Balaban J connectivity index is 2.22. The van der Waals surface area contributed by atoms with Crippen LogP contribution in [0.2, 0.25) is 0 Å². The van der Waals surface area contributed by atoms with Crippen molar-refractivity contribution in [1.29, 1.82) is 5.41 Å². The Morgan fingerprint density at radius 2 is 1.75 bits per heavy atom. The van der Waals surface area contributed by atoms with E-state index in [1.165, 1.54) is 0 Å². The van der Waals surface area contributed by atoms with Crippen LogP contribution in [-0.4, -0.2) is 15.4 Å². The number of fused-ring (bicyclic) bond motifs is 1. The summed E-state index contributed by atoms with van der Waals surface area (Å²) in [5, 5.41) is 19.6. The summed E-state index contributed by atoms with van der Waals surface area (Å²) in [5.74, 6) is 0.134. The SMILES string of the molecule is Cn1c(O)c(C(=N)c2ccc(I)cc2)c2ccccc21. The number of para-hydroxylation sites is 1. The van der Waals surface area contributed by atoms with Crippen molar-refractivity contribution in [1.82, 2.24) is 4.57 Å². The van der Waals surface area contributed by atoms with Gasteiger partial charge in [-0.05, 0) is 40.8 Å². The lowest BCUT2D eigenvalue weighted by Crippen LogP contribution is -2.01. The van der Waals surface area contributed by atoms with Crippen LogP contribution >= 0.6 is 22.6 Å². The molecule has 3 nitrogen and oxygen atoms in total. The monoisotopic (exact) mass is 376 g/mol. The molecule has 0 amide bonds. The van der Waals surface area contributed by atoms with E-state index in [2.05, 4.69) is 22.6 Å². The van der Waals surface area contributed by atoms with Gasteiger partial charge in [0.1, 0.15) is 0 Å². The normalized spacial score (nSPS) is 10.9. The van der Waals surface area contributed by atoms with Gasteiger partial charge in [-0.15, -0.1) is 0 Å². The molecule has 0 aliphatic rings. The minimum absolute atomic E-state index is 0.134. The second kappa shape index (κ2) is 4.94. The van der Waals surface area contributed by atoms with Gasteiger partial charge in [-0.1, -0.05) is 30.3 Å². The quantitative estimate of drug-likeness (QED) is 0.517. The Labute approximate surface area is 130 Å². The van der Waals surface area contributed by atoms with E-state index >= 15 is 0 Å². The van der Waals surface area contributed by atoms with Gasteiger partial charge < -0.3 is 9.67 Å². The minimum Gasteiger partial charge on any atom is -0.494 e. The molecular weight excluding hydrogens is 363 g/mol. The van der Waals surface area contributed by atoms with E-state index in [1.54, 1.807) is 4.57 Å². The first kappa shape index (κ1) is 13.2. The molecule has 3 aromatic rings. The minimum atomic E-state index is 0.134. The third-order valence-electron chi connectivity index (χ3n) is 3.46. The van der Waals surface area contributed by atoms with Gasteiger partial charge in [0.05, 0.1) is 16.8 Å². The molecule has 0 saturated carbocycles. The maximum Gasteiger partial charge on any atom is 0.201 e. The average molecular weight is 376 g/mol. The van der Waals surface area contributed by atoms with Crippen LogP contribution in [-0.2, 0) is 7.05 Å². The topological polar surface area (TPSA) is 49.0 Å². The molecule has 2 N–H and O–H groups in total. The molecule has 0 bridgehead atoms. The zero-order chi connectivity index (χ0) is 14.3. The number of aromatic nitrogens is 1. The summed E-state index contributed by atoms with van der Waals surface area (Å²) in [6.07, 6.45) is 0. The van der Waals surface area contributed by atoms with Crippen LogP contribution in [0.1, 0.15) is 11.1 Å². The predicted molar refractivity (Wildman–Crippen MR) is 89.7 cm³/mol.